The molecule has 2 nitrogen and oxygen atoms in total. The summed E-state index contributed by atoms with van der Waals surface area (Å²) in [6, 6.07) is 11.6. The molecule has 0 aliphatic heterocycles. The summed E-state index contributed by atoms with van der Waals surface area (Å²) in [4.78, 5) is 5.70. The maximum Gasteiger partial charge on any atom is 0.131 e. The van der Waals surface area contributed by atoms with Crippen molar-refractivity contribution in [2.45, 2.75) is 20.4 Å². The van der Waals surface area contributed by atoms with Crippen molar-refractivity contribution in [1.82, 2.24) is 4.98 Å². The number of aryl methyl sites for hydroxylation is 2. The van der Waals surface area contributed by atoms with Crippen LogP contribution in [0, 0.1) is 25.5 Å². The van der Waals surface area contributed by atoms with Gasteiger partial charge in [-0.3, -0.25) is 0 Å². The summed E-state index contributed by atoms with van der Waals surface area (Å²) in [5.74, 6) is -1.08. The van der Waals surface area contributed by atoms with Gasteiger partial charge in [0.1, 0.15) is 11.6 Å². The van der Waals surface area contributed by atoms with Crippen LogP contribution in [0.25, 0.3) is 11.3 Å². The van der Waals surface area contributed by atoms with E-state index in [1.807, 2.05) is 38.1 Å². The zero-order valence-electron chi connectivity index (χ0n) is 12.9. The quantitative estimate of drug-likeness (QED) is 0.700. The maximum atomic E-state index is 13.6. The van der Waals surface area contributed by atoms with Crippen LogP contribution in [0.4, 0.5) is 14.5 Å². The second-order valence-electron chi connectivity index (χ2n) is 5.27. The number of rotatable bonds is 4. The van der Waals surface area contributed by atoms with E-state index in [9.17, 15) is 8.78 Å². The normalized spacial score (nSPS) is 10.8. The van der Waals surface area contributed by atoms with E-state index < -0.39 is 11.6 Å². The van der Waals surface area contributed by atoms with Gasteiger partial charge in [-0.15, -0.1) is 11.3 Å². The SMILES string of the molecule is Cc1nc(-c2ccc(NCc3c(F)cccc3F)cc2)c(C)s1. The van der Waals surface area contributed by atoms with Crippen LogP contribution in [-0.2, 0) is 6.54 Å². The van der Waals surface area contributed by atoms with Gasteiger partial charge in [0.15, 0.2) is 0 Å². The third-order valence-electron chi connectivity index (χ3n) is 3.59. The highest BCUT2D eigenvalue weighted by molar-refractivity contribution is 7.11. The van der Waals surface area contributed by atoms with E-state index in [0.717, 1.165) is 22.0 Å². The highest BCUT2D eigenvalue weighted by atomic mass is 32.1. The Morgan fingerprint density at radius 3 is 2.22 bits per heavy atom. The Kier molecular flexibility index (Phi) is 4.39. The Morgan fingerprint density at radius 2 is 1.65 bits per heavy atom. The molecule has 1 N–H and O–H groups in total. The molecule has 0 aliphatic carbocycles. The number of hydrogen-bond donors (Lipinski definition) is 1. The molecule has 0 spiro atoms. The molecule has 118 valence electrons. The standard InChI is InChI=1S/C18H16F2N2S/c1-11-18(22-12(2)23-11)13-6-8-14(9-7-13)21-10-15-16(19)4-3-5-17(15)20/h3-9,21H,10H2,1-2H3. The number of benzene rings is 2. The minimum atomic E-state index is -0.539. The third-order valence-corrected chi connectivity index (χ3v) is 4.48. The molecule has 0 saturated carbocycles. The van der Waals surface area contributed by atoms with Gasteiger partial charge in [0.25, 0.3) is 0 Å². The number of nitrogens with zero attached hydrogens (tertiary/aromatic N) is 1. The molecule has 5 heteroatoms. The number of nitrogens with one attached hydrogen (secondary N) is 1. The lowest BCUT2D eigenvalue weighted by Crippen LogP contribution is -2.04. The number of thiazole rings is 1. The van der Waals surface area contributed by atoms with Gasteiger partial charge in [-0.25, -0.2) is 13.8 Å². The Hall–Kier alpha value is -2.27. The number of hydrogen-bond acceptors (Lipinski definition) is 3. The highest BCUT2D eigenvalue weighted by Gasteiger charge is 2.09. The van der Waals surface area contributed by atoms with E-state index in [-0.39, 0.29) is 12.1 Å². The zero-order chi connectivity index (χ0) is 16.4. The molecule has 1 heterocycles. The molecule has 1 aromatic heterocycles. The molecule has 0 unspecified atom stereocenters. The lowest BCUT2D eigenvalue weighted by Gasteiger charge is -2.09. The first-order valence-corrected chi connectivity index (χ1v) is 8.07. The third kappa shape index (κ3) is 3.40. The van der Waals surface area contributed by atoms with Crippen molar-refractivity contribution in [3.05, 3.63) is 69.5 Å². The van der Waals surface area contributed by atoms with Crippen LogP contribution in [0.1, 0.15) is 15.4 Å². The van der Waals surface area contributed by atoms with Crippen LogP contribution in [0.5, 0.6) is 0 Å². The van der Waals surface area contributed by atoms with Crippen molar-refractivity contribution in [1.29, 1.82) is 0 Å². The molecule has 0 bridgehead atoms. The monoisotopic (exact) mass is 330 g/mol. The van der Waals surface area contributed by atoms with Gasteiger partial charge < -0.3 is 5.32 Å². The largest absolute Gasteiger partial charge is 0.381 e. The van der Waals surface area contributed by atoms with Crippen molar-refractivity contribution >= 4 is 17.0 Å². The average Bonchev–Trinajstić information content (AvgIpc) is 2.86. The van der Waals surface area contributed by atoms with Gasteiger partial charge in [-0.05, 0) is 38.1 Å². The predicted molar refractivity (Wildman–Crippen MR) is 90.7 cm³/mol. The van der Waals surface area contributed by atoms with Crippen LogP contribution >= 0.6 is 11.3 Å². The first-order chi connectivity index (χ1) is 11.0. The summed E-state index contributed by atoms with van der Waals surface area (Å²) in [5, 5.41) is 4.08. The molecular weight excluding hydrogens is 314 g/mol. The number of anilines is 1. The van der Waals surface area contributed by atoms with Crippen molar-refractivity contribution in [3.8, 4) is 11.3 Å². The summed E-state index contributed by atoms with van der Waals surface area (Å²) in [6.07, 6.45) is 0. The molecule has 3 rings (SSSR count). The summed E-state index contributed by atoms with van der Waals surface area (Å²) in [6.45, 7) is 4.14. The van der Waals surface area contributed by atoms with Gasteiger partial charge in [-0.1, -0.05) is 18.2 Å². The van der Waals surface area contributed by atoms with Crippen LogP contribution in [0.3, 0.4) is 0 Å². The second kappa shape index (κ2) is 6.46. The number of halogens is 2. The summed E-state index contributed by atoms with van der Waals surface area (Å²) in [7, 11) is 0. The summed E-state index contributed by atoms with van der Waals surface area (Å²) < 4.78 is 27.2. The van der Waals surface area contributed by atoms with Gasteiger partial charge in [-0.2, -0.15) is 0 Å². The van der Waals surface area contributed by atoms with Crippen LogP contribution in [-0.4, -0.2) is 4.98 Å². The van der Waals surface area contributed by atoms with Crippen molar-refractivity contribution in [2.24, 2.45) is 0 Å². The van der Waals surface area contributed by atoms with E-state index in [1.165, 1.54) is 23.1 Å². The van der Waals surface area contributed by atoms with Gasteiger partial charge in [0, 0.05) is 28.2 Å². The lowest BCUT2D eigenvalue weighted by atomic mass is 10.1. The van der Waals surface area contributed by atoms with E-state index in [0.29, 0.717) is 0 Å². The summed E-state index contributed by atoms with van der Waals surface area (Å²) in [5.41, 5.74) is 2.87. The van der Waals surface area contributed by atoms with Crippen LogP contribution < -0.4 is 5.32 Å². The lowest BCUT2D eigenvalue weighted by molar-refractivity contribution is 0.560. The fourth-order valence-corrected chi connectivity index (χ4v) is 3.27. The van der Waals surface area contributed by atoms with E-state index in [2.05, 4.69) is 10.3 Å². The minimum absolute atomic E-state index is 0.0440. The van der Waals surface area contributed by atoms with E-state index in [1.54, 1.807) is 11.3 Å². The Morgan fingerprint density at radius 1 is 1.00 bits per heavy atom. The molecule has 0 aliphatic rings. The maximum absolute atomic E-state index is 13.6. The van der Waals surface area contributed by atoms with Crippen LogP contribution in [0.15, 0.2) is 42.5 Å². The fourth-order valence-electron chi connectivity index (χ4n) is 2.43. The van der Waals surface area contributed by atoms with Crippen molar-refractivity contribution < 1.29 is 8.78 Å². The Bertz CT molecular complexity index is 805. The molecule has 0 radical (unpaired) electrons. The highest BCUT2D eigenvalue weighted by Crippen LogP contribution is 2.28. The van der Waals surface area contributed by atoms with Crippen LogP contribution in [0.2, 0.25) is 0 Å². The second-order valence-corrected chi connectivity index (χ2v) is 6.68. The minimum Gasteiger partial charge on any atom is -0.381 e. The number of aromatic nitrogens is 1. The molecule has 3 aromatic rings. The molecule has 23 heavy (non-hydrogen) atoms. The summed E-state index contributed by atoms with van der Waals surface area (Å²) >= 11 is 1.67. The predicted octanol–water partition coefficient (Wildman–Crippen LogP) is 5.32. The fraction of sp³-hybridized carbons (Fsp3) is 0.167. The van der Waals surface area contributed by atoms with E-state index >= 15 is 0 Å². The smallest absolute Gasteiger partial charge is 0.131 e. The molecular formula is C18H16F2N2S. The first-order valence-electron chi connectivity index (χ1n) is 7.26. The first kappa shape index (κ1) is 15.6. The van der Waals surface area contributed by atoms with E-state index in [4.69, 9.17) is 0 Å². The van der Waals surface area contributed by atoms with Crippen molar-refractivity contribution in [2.75, 3.05) is 5.32 Å². The average molecular weight is 330 g/mol. The molecule has 0 atom stereocenters. The zero-order valence-corrected chi connectivity index (χ0v) is 13.7. The Labute approximate surface area is 137 Å². The topological polar surface area (TPSA) is 24.9 Å². The van der Waals surface area contributed by atoms with Gasteiger partial charge in [0.2, 0.25) is 0 Å². The van der Waals surface area contributed by atoms with Crippen molar-refractivity contribution in [3.63, 3.8) is 0 Å². The molecule has 0 saturated heterocycles. The molecule has 2 aromatic carbocycles. The molecule has 0 amide bonds. The van der Waals surface area contributed by atoms with Gasteiger partial charge in [0.05, 0.1) is 10.7 Å². The van der Waals surface area contributed by atoms with Gasteiger partial charge >= 0.3 is 0 Å². The molecule has 0 fully saturated rings. The Balaban J connectivity index is 1.74.